The molecule has 1 aliphatic rings. The lowest BCUT2D eigenvalue weighted by atomic mass is 10.2. The molecule has 0 spiro atoms. The Bertz CT molecular complexity index is 621. The number of ether oxygens (including phenoxy) is 3. The van der Waals surface area contributed by atoms with Crippen molar-refractivity contribution in [3.8, 4) is 17.2 Å². The van der Waals surface area contributed by atoms with Crippen LogP contribution in [0.3, 0.4) is 0 Å². The first-order valence-electron chi connectivity index (χ1n) is 5.84. The van der Waals surface area contributed by atoms with Gasteiger partial charge in [-0.05, 0) is 6.42 Å². The van der Waals surface area contributed by atoms with Crippen LogP contribution in [0.25, 0.3) is 0 Å². The molecular formula is C12H14O7S. The highest BCUT2D eigenvalue weighted by Gasteiger charge is 2.21. The third-order valence-corrected chi connectivity index (χ3v) is 3.65. The summed E-state index contributed by atoms with van der Waals surface area (Å²) in [7, 11) is -3.06. The topological polar surface area (TPSA) is 99.1 Å². The zero-order valence-corrected chi connectivity index (χ0v) is 11.6. The van der Waals surface area contributed by atoms with Gasteiger partial charge >= 0.3 is 5.97 Å². The quantitative estimate of drug-likeness (QED) is 0.780. The van der Waals surface area contributed by atoms with Gasteiger partial charge in [-0.2, -0.15) is 0 Å². The van der Waals surface area contributed by atoms with Crippen molar-refractivity contribution in [1.29, 1.82) is 0 Å². The molecule has 1 aromatic rings. The largest absolute Gasteiger partial charge is 0.493 e. The number of carboxylic acid groups (broad SMARTS) is 1. The molecule has 0 fully saturated rings. The minimum absolute atomic E-state index is 0.0139. The second kappa shape index (κ2) is 5.58. The number of rotatable bonds is 6. The summed E-state index contributed by atoms with van der Waals surface area (Å²) in [4.78, 5) is 11.1. The predicted molar refractivity (Wildman–Crippen MR) is 69.3 cm³/mol. The highest BCUT2D eigenvalue weighted by molar-refractivity contribution is 7.90. The molecule has 0 aromatic heterocycles. The number of sulfone groups is 1. The van der Waals surface area contributed by atoms with Crippen molar-refractivity contribution < 1.29 is 32.5 Å². The molecule has 20 heavy (non-hydrogen) atoms. The summed E-state index contributed by atoms with van der Waals surface area (Å²) in [6.07, 6.45) is 1.42. The van der Waals surface area contributed by atoms with E-state index in [1.54, 1.807) is 0 Å². The Kier molecular flexibility index (Phi) is 4.03. The smallest absolute Gasteiger partial charge is 0.339 e. The van der Waals surface area contributed by atoms with Gasteiger partial charge < -0.3 is 19.3 Å². The molecule has 8 heteroatoms. The monoisotopic (exact) mass is 302 g/mol. The first kappa shape index (κ1) is 14.4. The van der Waals surface area contributed by atoms with E-state index < -0.39 is 15.8 Å². The second-order valence-electron chi connectivity index (χ2n) is 4.34. The molecule has 0 bridgehead atoms. The average Bonchev–Trinajstić information content (AvgIpc) is 2.79. The fraction of sp³-hybridized carbons (Fsp3) is 0.417. The standard InChI is InChI=1S/C12H14O7S/c1-20(15,16)4-2-3-17-9-6-11-10(18-7-19-11)5-8(9)12(13)14/h5-6H,2-4,7H2,1H3,(H,13,14). The van der Waals surface area contributed by atoms with Gasteiger partial charge in [0.15, 0.2) is 11.5 Å². The van der Waals surface area contributed by atoms with Crippen molar-refractivity contribution in [3.63, 3.8) is 0 Å². The number of fused-ring (bicyclic) bond motifs is 1. The maximum atomic E-state index is 11.1. The molecule has 0 radical (unpaired) electrons. The highest BCUT2D eigenvalue weighted by atomic mass is 32.2. The van der Waals surface area contributed by atoms with E-state index in [1.165, 1.54) is 12.1 Å². The molecular weight excluding hydrogens is 288 g/mol. The minimum Gasteiger partial charge on any atom is -0.493 e. The van der Waals surface area contributed by atoms with Crippen LogP contribution >= 0.6 is 0 Å². The van der Waals surface area contributed by atoms with E-state index >= 15 is 0 Å². The second-order valence-corrected chi connectivity index (χ2v) is 6.60. The lowest BCUT2D eigenvalue weighted by Crippen LogP contribution is -2.09. The van der Waals surface area contributed by atoms with Gasteiger partial charge in [-0.3, -0.25) is 0 Å². The van der Waals surface area contributed by atoms with Crippen LogP contribution in [0.1, 0.15) is 16.8 Å². The third-order valence-electron chi connectivity index (χ3n) is 2.62. The van der Waals surface area contributed by atoms with Crippen molar-refractivity contribution in [2.24, 2.45) is 0 Å². The van der Waals surface area contributed by atoms with Crippen LogP contribution in [-0.4, -0.2) is 44.9 Å². The maximum Gasteiger partial charge on any atom is 0.339 e. The summed E-state index contributed by atoms with van der Waals surface area (Å²) in [5.74, 6) is -0.268. The Morgan fingerprint density at radius 1 is 1.35 bits per heavy atom. The molecule has 1 heterocycles. The molecule has 0 aliphatic carbocycles. The molecule has 110 valence electrons. The lowest BCUT2D eigenvalue weighted by molar-refractivity contribution is 0.0691. The predicted octanol–water partition coefficient (Wildman–Crippen LogP) is 0.927. The number of hydrogen-bond donors (Lipinski definition) is 1. The Hall–Kier alpha value is -1.96. The average molecular weight is 302 g/mol. The summed E-state index contributed by atoms with van der Waals surface area (Å²) in [5, 5.41) is 9.11. The van der Waals surface area contributed by atoms with Crippen molar-refractivity contribution in [2.45, 2.75) is 6.42 Å². The van der Waals surface area contributed by atoms with Gasteiger partial charge in [0.05, 0.1) is 12.4 Å². The molecule has 2 rings (SSSR count). The highest BCUT2D eigenvalue weighted by Crippen LogP contribution is 2.38. The molecule has 1 aromatic carbocycles. The molecule has 1 aliphatic heterocycles. The van der Waals surface area contributed by atoms with E-state index in [0.29, 0.717) is 11.5 Å². The van der Waals surface area contributed by atoms with Crippen molar-refractivity contribution in [2.75, 3.05) is 25.4 Å². The van der Waals surface area contributed by atoms with Gasteiger partial charge in [0.1, 0.15) is 21.2 Å². The van der Waals surface area contributed by atoms with E-state index in [0.717, 1.165) is 6.26 Å². The lowest BCUT2D eigenvalue weighted by Gasteiger charge is -2.10. The molecule has 7 nitrogen and oxygen atoms in total. The van der Waals surface area contributed by atoms with Crippen LogP contribution in [0.2, 0.25) is 0 Å². The van der Waals surface area contributed by atoms with Gasteiger partial charge in [-0.15, -0.1) is 0 Å². The van der Waals surface area contributed by atoms with E-state index in [1.807, 2.05) is 0 Å². The van der Waals surface area contributed by atoms with E-state index in [4.69, 9.17) is 19.3 Å². The first-order chi connectivity index (χ1) is 9.37. The molecule has 0 amide bonds. The number of carbonyl (C=O) groups is 1. The maximum absolute atomic E-state index is 11.1. The van der Waals surface area contributed by atoms with E-state index in [2.05, 4.69) is 0 Å². The fourth-order valence-electron chi connectivity index (χ4n) is 1.71. The zero-order chi connectivity index (χ0) is 14.8. The number of hydrogen-bond acceptors (Lipinski definition) is 6. The van der Waals surface area contributed by atoms with Crippen LogP contribution in [0.4, 0.5) is 0 Å². The Labute approximate surface area is 116 Å². The SMILES string of the molecule is CS(=O)(=O)CCCOc1cc2c(cc1C(=O)O)OCO2. The number of carboxylic acids is 1. The van der Waals surface area contributed by atoms with Gasteiger partial charge in [-0.1, -0.05) is 0 Å². The van der Waals surface area contributed by atoms with Crippen LogP contribution in [0.15, 0.2) is 12.1 Å². The third kappa shape index (κ3) is 3.53. The Morgan fingerprint density at radius 3 is 2.60 bits per heavy atom. The van der Waals surface area contributed by atoms with Gasteiger partial charge in [0, 0.05) is 18.4 Å². The summed E-state index contributed by atoms with van der Waals surface area (Å²) < 4.78 is 37.5. The number of aromatic carboxylic acids is 1. The Morgan fingerprint density at radius 2 is 2.00 bits per heavy atom. The van der Waals surface area contributed by atoms with Gasteiger partial charge in [-0.25, -0.2) is 13.2 Å². The molecule has 0 unspecified atom stereocenters. The zero-order valence-electron chi connectivity index (χ0n) is 10.8. The molecule has 1 N–H and O–H groups in total. The van der Waals surface area contributed by atoms with Crippen molar-refractivity contribution >= 4 is 15.8 Å². The van der Waals surface area contributed by atoms with Crippen LogP contribution in [0.5, 0.6) is 17.2 Å². The van der Waals surface area contributed by atoms with Crippen LogP contribution in [0, 0.1) is 0 Å². The van der Waals surface area contributed by atoms with Gasteiger partial charge in [0.2, 0.25) is 6.79 Å². The minimum atomic E-state index is -3.06. The van der Waals surface area contributed by atoms with Crippen LogP contribution < -0.4 is 14.2 Å². The molecule has 0 saturated heterocycles. The summed E-state index contributed by atoms with van der Waals surface area (Å²) >= 11 is 0. The van der Waals surface area contributed by atoms with Crippen molar-refractivity contribution in [3.05, 3.63) is 17.7 Å². The van der Waals surface area contributed by atoms with E-state index in [9.17, 15) is 13.2 Å². The summed E-state index contributed by atoms with van der Waals surface area (Å²) in [6.45, 7) is 0.138. The first-order valence-corrected chi connectivity index (χ1v) is 7.90. The molecule has 0 atom stereocenters. The van der Waals surface area contributed by atoms with Gasteiger partial charge in [0.25, 0.3) is 0 Å². The normalized spacial score (nSPS) is 13.2. The van der Waals surface area contributed by atoms with Crippen molar-refractivity contribution in [1.82, 2.24) is 0 Å². The Balaban J connectivity index is 2.08. The fourth-order valence-corrected chi connectivity index (χ4v) is 2.36. The molecule has 0 saturated carbocycles. The summed E-state index contributed by atoms with van der Waals surface area (Å²) in [6, 6.07) is 2.77. The van der Waals surface area contributed by atoms with E-state index in [-0.39, 0.29) is 36.9 Å². The van der Waals surface area contributed by atoms with Crippen LogP contribution in [-0.2, 0) is 9.84 Å². The summed E-state index contributed by atoms with van der Waals surface area (Å²) in [5.41, 5.74) is -0.0476. The number of benzene rings is 1.